The van der Waals surface area contributed by atoms with E-state index in [2.05, 4.69) is 55.0 Å². The van der Waals surface area contributed by atoms with Crippen LogP contribution in [0.15, 0.2) is 0 Å². The molecular weight excluding hydrogens is 268 g/mol. The monoisotopic (exact) mass is 274 g/mol. The molecule has 0 spiro atoms. The molecule has 0 radical (unpaired) electrons. The van der Waals surface area contributed by atoms with E-state index in [1.54, 1.807) is 7.11 Å². The van der Waals surface area contributed by atoms with E-state index >= 15 is 0 Å². The van der Waals surface area contributed by atoms with Gasteiger partial charge in [-0.25, -0.2) is 0 Å². The van der Waals surface area contributed by atoms with Gasteiger partial charge in [-0.05, 0) is 0 Å². The van der Waals surface area contributed by atoms with Crippen LogP contribution < -0.4 is 0 Å². The number of hydrogen-bond acceptors (Lipinski definition) is 1. The number of methoxy groups -OCH3 is 1. The molecule has 0 rings (SSSR count). The zero-order valence-electron chi connectivity index (χ0n) is 8.64. The first-order valence-electron chi connectivity index (χ1n) is 2.83. The van der Waals surface area contributed by atoms with Gasteiger partial charge in [0.25, 0.3) is 0 Å². The molecule has 0 bridgehead atoms. The van der Waals surface area contributed by atoms with Crippen LogP contribution in [-0.2, 0) is 43.8 Å². The van der Waals surface area contributed by atoms with Crippen LogP contribution >= 0.6 is 0 Å². The molecule has 17 heavy (non-hydrogen) atoms. The van der Waals surface area contributed by atoms with Crippen molar-refractivity contribution in [3.05, 3.63) is 33.3 Å². The van der Waals surface area contributed by atoms with Gasteiger partial charge in [0.1, 0.15) is 0 Å². The van der Waals surface area contributed by atoms with Crippen molar-refractivity contribution in [2.24, 2.45) is 0 Å². The fourth-order valence-corrected chi connectivity index (χ4v) is 0.286. The zero-order valence-corrected chi connectivity index (χ0v) is 9.92. The average Bonchev–Trinajstić information content (AvgIpc) is 2.49. The molecule has 6 nitrogen and oxygen atoms in total. The summed E-state index contributed by atoms with van der Waals surface area (Å²) in [5.74, 6) is 2.43. The second-order valence-corrected chi connectivity index (χ2v) is 1.67. The predicted molar refractivity (Wildman–Crippen MR) is 45.1 cm³/mol. The van der Waals surface area contributed by atoms with Crippen molar-refractivity contribution in [1.82, 2.24) is 0 Å². The number of ether oxygens (including phenoxy) is 1. The van der Waals surface area contributed by atoms with Crippen molar-refractivity contribution in [2.75, 3.05) is 7.11 Å². The molecule has 0 aliphatic carbocycles. The van der Waals surface area contributed by atoms with Crippen LogP contribution in [0.2, 0.25) is 0 Å². The molecule has 0 saturated carbocycles. The second kappa shape index (κ2) is 127. The first-order valence-corrected chi connectivity index (χ1v) is 3.47. The van der Waals surface area contributed by atoms with Crippen LogP contribution in [-0.4, -0.2) is 11.7 Å². The Kier molecular flexibility index (Phi) is 269. The molecule has 0 aromatic carbocycles. The van der Waals surface area contributed by atoms with Crippen LogP contribution in [0.3, 0.4) is 0 Å². The molecule has 0 aliphatic rings. The summed E-state index contributed by atoms with van der Waals surface area (Å²) in [6.45, 7) is 22.5. The molecule has 7 heteroatoms. The minimum atomic E-state index is 0.566. The van der Waals surface area contributed by atoms with E-state index in [-0.39, 0.29) is 0 Å². The summed E-state index contributed by atoms with van der Waals surface area (Å²) < 4.78 is 43.0. The molecule has 88 valence electrons. The summed E-state index contributed by atoms with van der Waals surface area (Å²) in [6, 6.07) is 0. The molecule has 0 N–H and O–H groups in total. The van der Waals surface area contributed by atoms with E-state index in [1.165, 1.54) is 0 Å². The molecule has 0 heterocycles. The molecule has 0 unspecified atom stereocenters. The normalized spacial score (nSPS) is 3.65. The standard InChI is InChI=1S/C5H6O.5CO.Cr/c1-3-4-5-6-2;5*1-2;/h1H,4H2,2H3;;;;;;. The Bertz CT molecular complexity index is 230. The Labute approximate surface area is 108 Å². The second-order valence-electron chi connectivity index (χ2n) is 0.957. The van der Waals surface area contributed by atoms with Gasteiger partial charge in [0, 0.05) is 0 Å². The van der Waals surface area contributed by atoms with Gasteiger partial charge in [-0.15, -0.1) is 0 Å². The Balaban J connectivity index is -0.0000000257. The maximum atomic E-state index is 7.50. The van der Waals surface area contributed by atoms with Crippen LogP contribution in [0.5, 0.6) is 0 Å². The third kappa shape index (κ3) is 178. The van der Waals surface area contributed by atoms with Crippen LogP contribution in [0.4, 0.5) is 0 Å². The van der Waals surface area contributed by atoms with Crippen molar-refractivity contribution in [3.63, 3.8) is 0 Å². The summed E-state index contributed by atoms with van der Waals surface area (Å²) in [5.41, 5.74) is 0. The Morgan fingerprint density at radius 3 is 1.29 bits per heavy atom. The summed E-state index contributed by atoms with van der Waals surface area (Å²) in [6.07, 6.45) is 5.50. The van der Waals surface area contributed by atoms with Gasteiger partial charge in [-0.1, -0.05) is 0 Å². The number of terminal acetylenes is 1. The van der Waals surface area contributed by atoms with Gasteiger partial charge >= 0.3 is 108 Å². The van der Waals surface area contributed by atoms with Gasteiger partial charge in [-0.2, -0.15) is 0 Å². The van der Waals surface area contributed by atoms with E-state index in [1.807, 2.05) is 0 Å². The number of hydrogen-bond donors (Lipinski definition) is 0. The molecule has 0 fully saturated rings. The average molecular weight is 274 g/mol. The van der Waals surface area contributed by atoms with Crippen molar-refractivity contribution < 1.29 is 43.8 Å². The van der Waals surface area contributed by atoms with Crippen molar-refractivity contribution in [2.45, 2.75) is 6.42 Å². The fraction of sp³-hybridized carbons (Fsp3) is 0.200. The fourth-order valence-electron chi connectivity index (χ4n) is 0.156. The molecule has 0 aliphatic heterocycles. The van der Waals surface area contributed by atoms with Gasteiger partial charge < -0.3 is 0 Å². The summed E-state index contributed by atoms with van der Waals surface area (Å²) in [4.78, 5) is 0. The van der Waals surface area contributed by atoms with Crippen LogP contribution in [0.1, 0.15) is 6.42 Å². The van der Waals surface area contributed by atoms with E-state index in [0.29, 0.717) is 6.42 Å². The van der Waals surface area contributed by atoms with Gasteiger partial charge in [-0.3, -0.25) is 0 Å². The topological polar surface area (TPSA) is 109 Å². The number of rotatable bonds is 2. The van der Waals surface area contributed by atoms with Crippen molar-refractivity contribution in [3.8, 4) is 12.3 Å². The Morgan fingerprint density at radius 2 is 1.24 bits per heavy atom. The molecule has 0 atom stereocenters. The van der Waals surface area contributed by atoms with E-state index < -0.39 is 0 Å². The van der Waals surface area contributed by atoms with Crippen LogP contribution in [0.25, 0.3) is 0 Å². The molecule has 0 aromatic rings. The van der Waals surface area contributed by atoms with E-state index in [0.717, 1.165) is 4.57 Å². The third-order valence-electron chi connectivity index (χ3n) is 0.474. The zero-order chi connectivity index (χ0) is 15.7. The summed E-state index contributed by atoms with van der Waals surface area (Å²) >= 11 is 2.68. The quantitative estimate of drug-likeness (QED) is 0.398. The SMILES string of the molecule is C#CC[C](=[Cr])OC.[C-]#[O+].[C-]#[O+].[C-]#[O+].[C-]#[O+].[C-]#[O+]. The van der Waals surface area contributed by atoms with Crippen molar-refractivity contribution in [1.29, 1.82) is 0 Å². The third-order valence-corrected chi connectivity index (χ3v) is 0.960. The van der Waals surface area contributed by atoms with Crippen molar-refractivity contribution >= 4 is 4.57 Å². The summed E-state index contributed by atoms with van der Waals surface area (Å²) in [5, 5.41) is 0. The van der Waals surface area contributed by atoms with E-state index in [9.17, 15) is 0 Å². The van der Waals surface area contributed by atoms with Crippen LogP contribution in [0, 0.1) is 45.6 Å². The molecule has 0 aromatic heterocycles. The molecule has 0 saturated heterocycles. The Morgan fingerprint density at radius 1 is 1.00 bits per heavy atom. The summed E-state index contributed by atoms with van der Waals surface area (Å²) in [7, 11) is 1.59. The Hall–Kier alpha value is -1.38. The van der Waals surface area contributed by atoms with E-state index in [4.69, 9.17) is 34.4 Å². The van der Waals surface area contributed by atoms with Gasteiger partial charge in [0.05, 0.1) is 0 Å². The maximum absolute atomic E-state index is 7.50. The predicted octanol–water partition coefficient (Wildman–Crippen LogP) is 0.145. The van der Waals surface area contributed by atoms with Gasteiger partial charge in [0.2, 0.25) is 0 Å². The molecule has 0 amide bonds. The molecular formula is C10H6CrO6. The minimum absolute atomic E-state index is 0.566. The first kappa shape index (κ1) is 36.1. The first-order chi connectivity index (χ1) is 8.31. The van der Waals surface area contributed by atoms with Gasteiger partial charge in [0.15, 0.2) is 0 Å².